The van der Waals surface area contributed by atoms with Gasteiger partial charge in [0.15, 0.2) is 23.0 Å². The van der Waals surface area contributed by atoms with Gasteiger partial charge in [-0.2, -0.15) is 0 Å². The minimum absolute atomic E-state index is 0.0826. The molecule has 2 aliphatic rings. The summed E-state index contributed by atoms with van der Waals surface area (Å²) in [4.78, 5) is 179. The van der Waals surface area contributed by atoms with Crippen LogP contribution in [0.1, 0.15) is 244 Å². The van der Waals surface area contributed by atoms with Gasteiger partial charge in [-0.25, -0.2) is 48.3 Å². The molecule has 4 aromatic carbocycles. The van der Waals surface area contributed by atoms with Gasteiger partial charge in [0, 0.05) is 13.1 Å². The number of benzene rings is 4. The van der Waals surface area contributed by atoms with Crippen molar-refractivity contribution < 1.29 is 124 Å². The minimum atomic E-state index is -1.67. The van der Waals surface area contributed by atoms with Crippen molar-refractivity contribution in [3.05, 3.63) is 106 Å². The molecule has 6 amide bonds. The lowest BCUT2D eigenvalue weighted by Crippen LogP contribution is -2.50. The molecule has 120 heavy (non-hydrogen) atoms. The summed E-state index contributed by atoms with van der Waals surface area (Å²) in [7, 11) is 0. The van der Waals surface area contributed by atoms with E-state index in [1.807, 2.05) is 0 Å². The molecule has 0 fully saturated rings. The Balaban J connectivity index is 1.30. The molecule has 0 spiro atoms. The third-order valence-electron chi connectivity index (χ3n) is 15.6. The topological polar surface area (TPSA) is 413 Å². The fraction of sp³-hybridized carbons (Fsp3) is 0.558. The van der Waals surface area contributed by atoms with Crippen LogP contribution in [0.15, 0.2) is 82.8 Å². The number of nitrogens with one attached hydrogen (secondary N) is 4. The number of carbonyl (C=O) groups excluding carboxylic acids is 12. The molecule has 4 aromatic rings. The first kappa shape index (κ1) is 97.4. The number of fused-ring (bicyclic) bond motifs is 4. The van der Waals surface area contributed by atoms with E-state index >= 15 is 9.59 Å². The van der Waals surface area contributed by atoms with Gasteiger partial charge in [-0.1, -0.05) is 12.1 Å². The number of rotatable bonds is 21. The Labute approximate surface area is 700 Å². The van der Waals surface area contributed by atoms with Crippen LogP contribution in [0.5, 0.6) is 23.0 Å². The van der Waals surface area contributed by atoms with Crippen molar-refractivity contribution in [1.29, 1.82) is 0 Å². The lowest BCUT2D eigenvalue weighted by atomic mass is 10.0. The number of nitrogens with zero attached hydrogens (tertiary/aromatic N) is 4. The number of para-hydroxylation sites is 2. The lowest BCUT2D eigenvalue weighted by Gasteiger charge is -2.33. The second-order valence-electron chi connectivity index (χ2n) is 36.0. The normalized spacial score (nSPS) is 13.9. The molecule has 0 aromatic heterocycles. The third-order valence-corrected chi connectivity index (χ3v) is 15.6. The third kappa shape index (κ3) is 33.8. The smallest absolute Gasteiger partial charge is 0.414 e. The highest BCUT2D eigenvalue weighted by atomic mass is 16.6. The second kappa shape index (κ2) is 41.0. The standard InChI is InChI=1S/C86H118N8O26/c1-79(2,3)113-63(95)49-59(71(101)115-81(7,8)9)93(67(97)57-31-25-33-61-65(57)109-41-27-29-51-47-53(35-37-55(51)69(99)111-61)87-73(89-75(103)117-83(13,14)15)90-76(104)118-84(16,17)18)39-43-107-45-46-108-44-40-94(60(72(102)116-82(10,11)12)50-64(96)114-80(4,5)6)68(98)58-32-26-34-62-66(58)110-42-28-30-52-48-54(36-38-56(52)70(100)112-62)88-74(91-77(105)119-85(19,20)21)92-78(106)120-86(22,23)24/h25-26,31-38,47-48,59-60H,27-30,39-46,49-50H2,1-24H3,(H2,87,89,90,103,104)(H2,88,91,92,105,106). The first-order chi connectivity index (χ1) is 55.4. The molecule has 2 atom stereocenters. The van der Waals surface area contributed by atoms with E-state index in [9.17, 15) is 47.9 Å². The number of guanidine groups is 2. The van der Waals surface area contributed by atoms with E-state index in [1.165, 1.54) is 60.7 Å². The molecule has 2 aliphatic heterocycles. The van der Waals surface area contributed by atoms with E-state index < -0.39 is 155 Å². The zero-order chi connectivity index (χ0) is 89.8. The number of carbonyl (C=O) groups is 12. The van der Waals surface area contributed by atoms with Crippen LogP contribution in [0.4, 0.5) is 30.6 Å². The van der Waals surface area contributed by atoms with Crippen LogP contribution in [0.25, 0.3) is 0 Å². The molecule has 4 N–H and O–H groups in total. The van der Waals surface area contributed by atoms with Gasteiger partial charge < -0.3 is 76.1 Å². The summed E-state index contributed by atoms with van der Waals surface area (Å²) in [6.45, 7) is 37.2. The molecule has 34 heteroatoms. The number of esters is 6. The first-order valence-corrected chi connectivity index (χ1v) is 39.4. The maximum atomic E-state index is 15.5. The Kier molecular flexibility index (Phi) is 33.3. The molecule has 0 saturated heterocycles. The van der Waals surface area contributed by atoms with E-state index in [2.05, 4.69) is 31.3 Å². The quantitative estimate of drug-likeness (QED) is 0.0150. The molecule has 0 radical (unpaired) electrons. The van der Waals surface area contributed by atoms with Crippen molar-refractivity contribution in [3.63, 3.8) is 0 Å². The Hall–Kier alpha value is -11.4. The molecule has 0 aliphatic carbocycles. The van der Waals surface area contributed by atoms with Crippen LogP contribution in [0, 0.1) is 0 Å². The van der Waals surface area contributed by atoms with Gasteiger partial charge in [0.2, 0.25) is 11.9 Å². The van der Waals surface area contributed by atoms with Crippen molar-refractivity contribution in [2.75, 3.05) is 52.7 Å². The molecule has 658 valence electrons. The summed E-state index contributed by atoms with van der Waals surface area (Å²) in [5.74, 6) is -8.68. The van der Waals surface area contributed by atoms with E-state index in [1.54, 1.807) is 178 Å². The summed E-state index contributed by atoms with van der Waals surface area (Å²) in [5.41, 5.74) is -6.99. The number of ether oxygens (including phenoxy) is 14. The zero-order valence-electron chi connectivity index (χ0n) is 73.4. The van der Waals surface area contributed by atoms with E-state index in [-0.39, 0.29) is 134 Å². The largest absolute Gasteiger partial charge is 0.489 e. The highest BCUT2D eigenvalue weighted by Gasteiger charge is 2.42. The van der Waals surface area contributed by atoms with Gasteiger partial charge in [0.05, 0.1) is 86.1 Å². The van der Waals surface area contributed by atoms with Crippen molar-refractivity contribution in [3.8, 4) is 23.0 Å². The number of hydrogen-bond acceptors (Lipinski definition) is 28. The van der Waals surface area contributed by atoms with Crippen LogP contribution in [0.3, 0.4) is 0 Å². The predicted molar refractivity (Wildman–Crippen MR) is 439 cm³/mol. The highest BCUT2D eigenvalue weighted by Crippen LogP contribution is 2.38. The average Bonchev–Trinajstić information content (AvgIpc) is 0.793. The van der Waals surface area contributed by atoms with Crippen molar-refractivity contribution in [2.24, 2.45) is 9.98 Å². The first-order valence-electron chi connectivity index (χ1n) is 39.4. The van der Waals surface area contributed by atoms with Crippen LogP contribution >= 0.6 is 0 Å². The van der Waals surface area contributed by atoms with Crippen molar-refractivity contribution >= 4 is 95.3 Å². The Bertz CT molecular complexity index is 4110. The fourth-order valence-corrected chi connectivity index (χ4v) is 11.4. The summed E-state index contributed by atoms with van der Waals surface area (Å²) in [6, 6.07) is 14.0. The van der Waals surface area contributed by atoms with Crippen LogP contribution in [-0.2, 0) is 79.4 Å². The molecule has 34 nitrogen and oxygen atoms in total. The molecule has 6 rings (SSSR count). The molecular weight excluding hydrogens is 1560 g/mol. The van der Waals surface area contributed by atoms with Crippen LogP contribution in [-0.4, -0.2) is 203 Å². The number of hydrogen-bond donors (Lipinski definition) is 4. The van der Waals surface area contributed by atoms with Gasteiger partial charge in [0.25, 0.3) is 11.8 Å². The number of aryl methyl sites for hydroxylation is 2. The lowest BCUT2D eigenvalue weighted by molar-refractivity contribution is -0.168. The summed E-state index contributed by atoms with van der Waals surface area (Å²) < 4.78 is 81.6. The highest BCUT2D eigenvalue weighted by molar-refractivity contribution is 6.05. The fourth-order valence-electron chi connectivity index (χ4n) is 11.4. The van der Waals surface area contributed by atoms with Gasteiger partial charge in [-0.3, -0.25) is 40.4 Å². The summed E-state index contributed by atoms with van der Waals surface area (Å²) in [6.07, 6.45) is -4.33. The van der Waals surface area contributed by atoms with Gasteiger partial charge in [-0.15, -0.1) is 0 Å². The van der Waals surface area contributed by atoms with E-state index in [4.69, 9.17) is 66.3 Å². The summed E-state index contributed by atoms with van der Waals surface area (Å²) in [5, 5.41) is 9.74. The number of alkyl carbamates (subject to hydrolysis) is 4. The van der Waals surface area contributed by atoms with Crippen LogP contribution < -0.4 is 40.2 Å². The Morgan fingerprint density at radius 2 is 0.692 bits per heavy atom. The van der Waals surface area contributed by atoms with Crippen molar-refractivity contribution in [2.45, 2.75) is 262 Å². The molecular formula is C86H118N8O26. The number of aliphatic imine (C=N–C) groups is 2. The maximum Gasteiger partial charge on any atom is 0.414 e. The maximum absolute atomic E-state index is 15.5. The summed E-state index contributed by atoms with van der Waals surface area (Å²) >= 11 is 0. The molecule has 0 bridgehead atoms. The van der Waals surface area contributed by atoms with E-state index in [0.29, 0.717) is 11.1 Å². The zero-order valence-corrected chi connectivity index (χ0v) is 73.4. The average molecular weight is 1680 g/mol. The predicted octanol–water partition coefficient (Wildman–Crippen LogP) is 13.4. The molecule has 0 saturated carbocycles. The Morgan fingerprint density at radius 1 is 0.392 bits per heavy atom. The van der Waals surface area contributed by atoms with E-state index in [0.717, 1.165) is 9.80 Å². The van der Waals surface area contributed by atoms with Crippen LogP contribution in [0.2, 0.25) is 0 Å². The second-order valence-corrected chi connectivity index (χ2v) is 36.0. The van der Waals surface area contributed by atoms with Crippen molar-refractivity contribution in [1.82, 2.24) is 31.1 Å². The van der Waals surface area contributed by atoms with Gasteiger partial charge in [-0.05, 0) is 264 Å². The monoisotopic (exact) mass is 1680 g/mol. The van der Waals surface area contributed by atoms with Gasteiger partial charge in [0.1, 0.15) is 56.9 Å². The Morgan fingerprint density at radius 3 is 0.983 bits per heavy atom. The number of amides is 6. The SMILES string of the molecule is CC(C)(C)OC(=O)CC(C(=O)OC(C)(C)C)N(CCOCCOCCN(C(=O)c1cccc2c1OCCCc1cc(N=C(NC(=O)OC(C)(C)C)NC(=O)OC(C)(C)C)ccc1C(=O)O2)C(CC(=O)OC(C)(C)C)C(=O)OC(C)(C)C)C(=O)c1cccc2c1OCCCc1cc(N=C(NC(=O)OC(C)(C)C)NC(=O)OC(C)(C)C)ccc1C(=O)O2. The molecule has 2 heterocycles. The molecule has 2 unspecified atom stereocenters. The van der Waals surface area contributed by atoms with Gasteiger partial charge >= 0.3 is 60.2 Å². The minimum Gasteiger partial charge on any atom is -0.489 e.